The lowest BCUT2D eigenvalue weighted by molar-refractivity contribution is -0.274. The predicted octanol–water partition coefficient (Wildman–Crippen LogP) is 4.28. The standard InChI is InChI=1S/C18H16F3N3O2/c1-2-16(25)12-3-5-13(6-4-12)17-22-11-24(23-17)14-7-9-15(10-8-14)26-18(19,20)21/h3-11,16,25H,2H2,1H3. The Morgan fingerprint density at radius 3 is 2.31 bits per heavy atom. The zero-order valence-corrected chi connectivity index (χ0v) is 13.8. The zero-order chi connectivity index (χ0) is 18.7. The minimum Gasteiger partial charge on any atom is -0.406 e. The van der Waals surface area contributed by atoms with Crippen LogP contribution < -0.4 is 4.74 Å². The van der Waals surface area contributed by atoms with E-state index in [-0.39, 0.29) is 5.75 Å². The van der Waals surface area contributed by atoms with Crippen molar-refractivity contribution in [3.8, 4) is 22.8 Å². The van der Waals surface area contributed by atoms with E-state index in [0.29, 0.717) is 17.9 Å². The van der Waals surface area contributed by atoms with E-state index in [4.69, 9.17) is 0 Å². The molecule has 26 heavy (non-hydrogen) atoms. The van der Waals surface area contributed by atoms with Crippen LogP contribution in [0.3, 0.4) is 0 Å². The van der Waals surface area contributed by atoms with Gasteiger partial charge in [-0.2, -0.15) is 0 Å². The lowest BCUT2D eigenvalue weighted by Crippen LogP contribution is -2.17. The molecule has 1 aromatic heterocycles. The Bertz CT molecular complexity index is 859. The van der Waals surface area contributed by atoms with Gasteiger partial charge in [0.15, 0.2) is 5.82 Å². The van der Waals surface area contributed by atoms with Crippen molar-refractivity contribution in [3.05, 3.63) is 60.4 Å². The third-order valence-corrected chi connectivity index (χ3v) is 3.77. The van der Waals surface area contributed by atoms with Crippen LogP contribution in [0.5, 0.6) is 5.75 Å². The summed E-state index contributed by atoms with van der Waals surface area (Å²) in [4.78, 5) is 4.22. The first-order valence-electron chi connectivity index (χ1n) is 7.92. The summed E-state index contributed by atoms with van der Waals surface area (Å²) in [6, 6.07) is 12.6. The van der Waals surface area contributed by atoms with E-state index in [2.05, 4.69) is 14.8 Å². The molecule has 3 aromatic rings. The Labute approximate surface area is 147 Å². The first-order valence-corrected chi connectivity index (χ1v) is 7.92. The molecular formula is C18H16F3N3O2. The molecule has 0 bridgehead atoms. The summed E-state index contributed by atoms with van der Waals surface area (Å²) in [5, 5.41) is 14.2. The number of alkyl halides is 3. The summed E-state index contributed by atoms with van der Waals surface area (Å²) < 4.78 is 41.9. The minimum atomic E-state index is -4.72. The second kappa shape index (κ2) is 7.17. The van der Waals surface area contributed by atoms with E-state index >= 15 is 0 Å². The van der Waals surface area contributed by atoms with Gasteiger partial charge in [-0.25, -0.2) is 9.67 Å². The smallest absolute Gasteiger partial charge is 0.406 e. The maximum atomic E-state index is 12.2. The fourth-order valence-corrected chi connectivity index (χ4v) is 2.41. The molecule has 1 atom stereocenters. The van der Waals surface area contributed by atoms with Gasteiger partial charge in [-0.05, 0) is 36.2 Å². The molecule has 8 heteroatoms. The third kappa shape index (κ3) is 4.20. The second-order valence-corrected chi connectivity index (χ2v) is 5.60. The van der Waals surface area contributed by atoms with Crippen molar-refractivity contribution in [2.45, 2.75) is 25.8 Å². The van der Waals surface area contributed by atoms with Crippen molar-refractivity contribution in [1.82, 2.24) is 14.8 Å². The Morgan fingerprint density at radius 2 is 1.73 bits per heavy atom. The number of rotatable bonds is 5. The fourth-order valence-electron chi connectivity index (χ4n) is 2.41. The number of hydrogen-bond acceptors (Lipinski definition) is 4. The highest BCUT2D eigenvalue weighted by Crippen LogP contribution is 2.24. The van der Waals surface area contributed by atoms with E-state index in [1.807, 2.05) is 31.2 Å². The largest absolute Gasteiger partial charge is 0.573 e. The topological polar surface area (TPSA) is 60.2 Å². The van der Waals surface area contributed by atoms with Gasteiger partial charge in [0.05, 0.1) is 11.8 Å². The number of aliphatic hydroxyl groups is 1. The van der Waals surface area contributed by atoms with Gasteiger partial charge in [-0.1, -0.05) is 31.2 Å². The van der Waals surface area contributed by atoms with E-state index in [1.165, 1.54) is 35.3 Å². The number of aliphatic hydroxyl groups excluding tert-OH is 1. The van der Waals surface area contributed by atoms with Crippen LogP contribution in [0.15, 0.2) is 54.9 Å². The SMILES string of the molecule is CCC(O)c1ccc(-c2ncn(-c3ccc(OC(F)(F)F)cc3)n2)cc1. The molecule has 2 aromatic carbocycles. The molecule has 0 aliphatic rings. The summed E-state index contributed by atoms with van der Waals surface area (Å²) in [6.07, 6.45) is -3.13. The van der Waals surface area contributed by atoms with E-state index in [1.54, 1.807) is 0 Å². The predicted molar refractivity (Wildman–Crippen MR) is 88.7 cm³/mol. The molecular weight excluding hydrogens is 347 g/mol. The zero-order valence-electron chi connectivity index (χ0n) is 13.8. The lowest BCUT2D eigenvalue weighted by Gasteiger charge is -2.09. The summed E-state index contributed by atoms with van der Waals surface area (Å²) in [7, 11) is 0. The monoisotopic (exact) mass is 363 g/mol. The van der Waals surface area contributed by atoms with Crippen molar-refractivity contribution in [3.63, 3.8) is 0 Å². The summed E-state index contributed by atoms with van der Waals surface area (Å²) in [5.41, 5.74) is 2.14. The summed E-state index contributed by atoms with van der Waals surface area (Å²) >= 11 is 0. The van der Waals surface area contributed by atoms with Crippen LogP contribution in [0.25, 0.3) is 17.1 Å². The molecule has 0 amide bonds. The Kier molecular flexibility index (Phi) is 4.94. The average molecular weight is 363 g/mol. The minimum absolute atomic E-state index is 0.299. The lowest BCUT2D eigenvalue weighted by atomic mass is 10.1. The number of aromatic nitrogens is 3. The molecule has 1 unspecified atom stereocenters. The number of nitrogens with zero attached hydrogens (tertiary/aromatic N) is 3. The first-order chi connectivity index (χ1) is 12.4. The number of ether oxygens (including phenoxy) is 1. The van der Waals surface area contributed by atoms with Crippen LogP contribution in [-0.4, -0.2) is 26.2 Å². The summed E-state index contributed by atoms with van der Waals surface area (Å²) in [6.45, 7) is 1.90. The van der Waals surface area contributed by atoms with Gasteiger partial charge < -0.3 is 9.84 Å². The molecule has 0 saturated heterocycles. The fraction of sp³-hybridized carbons (Fsp3) is 0.222. The molecule has 0 radical (unpaired) electrons. The van der Waals surface area contributed by atoms with E-state index in [0.717, 1.165) is 11.1 Å². The van der Waals surface area contributed by atoms with Crippen LogP contribution in [-0.2, 0) is 0 Å². The molecule has 136 valence electrons. The average Bonchev–Trinajstić information content (AvgIpc) is 3.10. The Hall–Kier alpha value is -2.87. The van der Waals surface area contributed by atoms with Crippen LogP contribution in [0, 0.1) is 0 Å². The number of hydrogen-bond donors (Lipinski definition) is 1. The van der Waals surface area contributed by atoms with Crippen molar-refractivity contribution < 1.29 is 23.0 Å². The van der Waals surface area contributed by atoms with Crippen molar-refractivity contribution in [1.29, 1.82) is 0 Å². The van der Waals surface area contributed by atoms with Gasteiger partial charge in [-0.15, -0.1) is 18.3 Å². The van der Waals surface area contributed by atoms with Crippen LogP contribution in [0.4, 0.5) is 13.2 Å². The Morgan fingerprint density at radius 1 is 1.08 bits per heavy atom. The van der Waals surface area contributed by atoms with Gasteiger partial charge in [-0.3, -0.25) is 0 Å². The van der Waals surface area contributed by atoms with E-state index in [9.17, 15) is 18.3 Å². The second-order valence-electron chi connectivity index (χ2n) is 5.60. The Balaban J connectivity index is 1.77. The van der Waals surface area contributed by atoms with Gasteiger partial charge >= 0.3 is 6.36 Å². The van der Waals surface area contributed by atoms with Crippen LogP contribution in [0.2, 0.25) is 0 Å². The first kappa shape index (κ1) is 17.9. The quantitative estimate of drug-likeness (QED) is 0.735. The number of halogens is 3. The van der Waals surface area contributed by atoms with Gasteiger partial charge in [0, 0.05) is 5.56 Å². The molecule has 0 aliphatic heterocycles. The molecule has 1 heterocycles. The van der Waals surface area contributed by atoms with Crippen LogP contribution >= 0.6 is 0 Å². The third-order valence-electron chi connectivity index (χ3n) is 3.77. The highest BCUT2D eigenvalue weighted by molar-refractivity contribution is 5.55. The molecule has 0 spiro atoms. The molecule has 0 fully saturated rings. The maximum absolute atomic E-state index is 12.2. The van der Waals surface area contributed by atoms with Crippen LogP contribution in [0.1, 0.15) is 25.0 Å². The molecule has 5 nitrogen and oxygen atoms in total. The molecule has 0 aliphatic carbocycles. The highest BCUT2D eigenvalue weighted by atomic mass is 19.4. The van der Waals surface area contributed by atoms with Gasteiger partial charge in [0.1, 0.15) is 12.1 Å². The molecule has 0 saturated carbocycles. The normalized spacial score (nSPS) is 12.8. The van der Waals surface area contributed by atoms with Gasteiger partial charge in [0.25, 0.3) is 0 Å². The molecule has 1 N–H and O–H groups in total. The van der Waals surface area contributed by atoms with Crippen molar-refractivity contribution in [2.24, 2.45) is 0 Å². The maximum Gasteiger partial charge on any atom is 0.573 e. The van der Waals surface area contributed by atoms with Gasteiger partial charge in [0.2, 0.25) is 0 Å². The molecule has 3 rings (SSSR count). The van der Waals surface area contributed by atoms with Crippen molar-refractivity contribution >= 4 is 0 Å². The highest BCUT2D eigenvalue weighted by Gasteiger charge is 2.30. The summed E-state index contributed by atoms with van der Waals surface area (Å²) in [5.74, 6) is 0.171. The van der Waals surface area contributed by atoms with Crippen molar-refractivity contribution in [2.75, 3.05) is 0 Å². The van der Waals surface area contributed by atoms with E-state index < -0.39 is 12.5 Å². The number of benzene rings is 2.